The standard InChI is InChI=1S/C12H13BrClNO/c13-11-5-4-9(14)7-12(11)15-8-10-3-1-2-6-16-10/h2,4-7,10,15H,1,3,8H2. The van der Waals surface area contributed by atoms with Crippen molar-refractivity contribution in [1.29, 1.82) is 0 Å². The lowest BCUT2D eigenvalue weighted by atomic mass is 10.1. The Morgan fingerprint density at radius 2 is 2.38 bits per heavy atom. The summed E-state index contributed by atoms with van der Waals surface area (Å²) in [6.45, 7) is 0.795. The molecule has 1 N–H and O–H groups in total. The van der Waals surface area contributed by atoms with Gasteiger partial charge in [-0.3, -0.25) is 0 Å². The van der Waals surface area contributed by atoms with Crippen LogP contribution in [0.2, 0.25) is 5.02 Å². The molecule has 0 bridgehead atoms. The molecule has 0 fully saturated rings. The number of anilines is 1. The molecule has 0 saturated carbocycles. The molecule has 1 heterocycles. The molecule has 1 aromatic rings. The molecule has 2 rings (SSSR count). The van der Waals surface area contributed by atoms with Crippen LogP contribution in [0, 0.1) is 0 Å². The molecule has 0 saturated heterocycles. The fourth-order valence-electron chi connectivity index (χ4n) is 1.59. The van der Waals surface area contributed by atoms with Crippen molar-refractivity contribution in [2.45, 2.75) is 18.9 Å². The van der Waals surface area contributed by atoms with Gasteiger partial charge in [0, 0.05) is 9.50 Å². The number of hydrogen-bond donors (Lipinski definition) is 1. The first kappa shape index (κ1) is 11.8. The Kier molecular flexibility index (Phi) is 4.13. The lowest BCUT2D eigenvalue weighted by molar-refractivity contribution is 0.135. The zero-order chi connectivity index (χ0) is 11.4. The summed E-state index contributed by atoms with van der Waals surface area (Å²) in [6.07, 6.45) is 6.22. The van der Waals surface area contributed by atoms with Crippen molar-refractivity contribution in [3.63, 3.8) is 0 Å². The topological polar surface area (TPSA) is 21.3 Å². The van der Waals surface area contributed by atoms with Crippen LogP contribution in [0.3, 0.4) is 0 Å². The van der Waals surface area contributed by atoms with Crippen LogP contribution in [0.4, 0.5) is 5.69 Å². The van der Waals surface area contributed by atoms with Crippen molar-refractivity contribution in [1.82, 2.24) is 0 Å². The maximum atomic E-state index is 5.94. The quantitative estimate of drug-likeness (QED) is 0.903. The van der Waals surface area contributed by atoms with Crippen LogP contribution in [0.25, 0.3) is 0 Å². The summed E-state index contributed by atoms with van der Waals surface area (Å²) >= 11 is 9.41. The molecule has 0 radical (unpaired) electrons. The van der Waals surface area contributed by atoms with Crippen LogP contribution < -0.4 is 5.32 Å². The highest BCUT2D eigenvalue weighted by Crippen LogP contribution is 2.26. The molecule has 0 spiro atoms. The van der Waals surface area contributed by atoms with E-state index in [0.717, 1.165) is 34.6 Å². The fraction of sp³-hybridized carbons (Fsp3) is 0.333. The summed E-state index contributed by atoms with van der Waals surface area (Å²) in [6, 6.07) is 5.70. The SMILES string of the molecule is Clc1ccc(Br)c(NCC2CCC=CO2)c1. The predicted molar refractivity (Wildman–Crippen MR) is 70.9 cm³/mol. The van der Waals surface area contributed by atoms with E-state index in [9.17, 15) is 0 Å². The van der Waals surface area contributed by atoms with Crippen molar-refractivity contribution in [3.05, 3.63) is 40.0 Å². The van der Waals surface area contributed by atoms with Crippen molar-refractivity contribution in [2.24, 2.45) is 0 Å². The van der Waals surface area contributed by atoms with Gasteiger partial charge >= 0.3 is 0 Å². The second-order valence-corrected chi connectivity index (χ2v) is 5.00. The minimum Gasteiger partial charge on any atom is -0.497 e. The van der Waals surface area contributed by atoms with Gasteiger partial charge in [0.15, 0.2) is 0 Å². The van der Waals surface area contributed by atoms with Gasteiger partial charge in [0.25, 0.3) is 0 Å². The Labute approximate surface area is 109 Å². The van der Waals surface area contributed by atoms with E-state index in [4.69, 9.17) is 16.3 Å². The van der Waals surface area contributed by atoms with E-state index in [1.807, 2.05) is 24.3 Å². The van der Waals surface area contributed by atoms with Crippen molar-refractivity contribution < 1.29 is 4.74 Å². The average Bonchev–Trinajstić information content (AvgIpc) is 2.32. The Balaban J connectivity index is 1.93. The van der Waals surface area contributed by atoms with Crippen LogP contribution in [-0.4, -0.2) is 12.6 Å². The number of ether oxygens (including phenoxy) is 1. The molecule has 2 nitrogen and oxygen atoms in total. The minimum atomic E-state index is 0.246. The summed E-state index contributed by atoms with van der Waals surface area (Å²) in [5.74, 6) is 0. The predicted octanol–water partition coefficient (Wildman–Crippen LogP) is 4.21. The second kappa shape index (κ2) is 5.60. The molecule has 86 valence electrons. The zero-order valence-corrected chi connectivity index (χ0v) is 11.1. The van der Waals surface area contributed by atoms with Gasteiger partial charge in [-0.05, 0) is 53.0 Å². The van der Waals surface area contributed by atoms with E-state index < -0.39 is 0 Å². The van der Waals surface area contributed by atoms with Gasteiger partial charge in [-0.1, -0.05) is 11.6 Å². The number of benzene rings is 1. The molecule has 1 aliphatic heterocycles. The lowest BCUT2D eigenvalue weighted by Crippen LogP contribution is -2.23. The van der Waals surface area contributed by atoms with Crippen molar-refractivity contribution >= 4 is 33.2 Å². The second-order valence-electron chi connectivity index (χ2n) is 3.71. The molecule has 0 aliphatic carbocycles. The highest BCUT2D eigenvalue weighted by molar-refractivity contribution is 9.10. The maximum Gasteiger partial charge on any atom is 0.115 e. The normalized spacial score (nSPS) is 19.2. The molecule has 0 aromatic heterocycles. The Hall–Kier alpha value is -0.670. The van der Waals surface area contributed by atoms with Crippen LogP contribution in [0.15, 0.2) is 35.0 Å². The summed E-state index contributed by atoms with van der Waals surface area (Å²) < 4.78 is 6.50. The maximum absolute atomic E-state index is 5.94. The van der Waals surface area contributed by atoms with Gasteiger partial charge in [-0.2, -0.15) is 0 Å². The minimum absolute atomic E-state index is 0.246. The number of halogens is 2. The monoisotopic (exact) mass is 301 g/mol. The lowest BCUT2D eigenvalue weighted by Gasteiger charge is -2.20. The first-order valence-electron chi connectivity index (χ1n) is 5.25. The summed E-state index contributed by atoms with van der Waals surface area (Å²) in [4.78, 5) is 0. The van der Waals surface area contributed by atoms with E-state index in [2.05, 4.69) is 21.2 Å². The zero-order valence-electron chi connectivity index (χ0n) is 8.75. The molecule has 1 atom stereocenters. The van der Waals surface area contributed by atoms with E-state index in [1.165, 1.54) is 0 Å². The van der Waals surface area contributed by atoms with E-state index in [0.29, 0.717) is 0 Å². The molecule has 4 heteroatoms. The molecule has 1 aliphatic rings. The van der Waals surface area contributed by atoms with Crippen molar-refractivity contribution in [3.8, 4) is 0 Å². The van der Waals surface area contributed by atoms with Crippen LogP contribution in [0.5, 0.6) is 0 Å². The Bertz CT molecular complexity index is 395. The summed E-state index contributed by atoms with van der Waals surface area (Å²) in [5.41, 5.74) is 1.01. The molecule has 0 amide bonds. The van der Waals surface area contributed by atoms with Crippen LogP contribution >= 0.6 is 27.5 Å². The van der Waals surface area contributed by atoms with Gasteiger partial charge in [-0.25, -0.2) is 0 Å². The highest BCUT2D eigenvalue weighted by Gasteiger charge is 2.11. The average molecular weight is 303 g/mol. The molecule has 16 heavy (non-hydrogen) atoms. The molecule has 1 unspecified atom stereocenters. The number of rotatable bonds is 3. The first-order chi connectivity index (χ1) is 7.75. The molecular formula is C12H13BrClNO. The van der Waals surface area contributed by atoms with Gasteiger partial charge in [0.2, 0.25) is 0 Å². The number of nitrogens with one attached hydrogen (secondary N) is 1. The summed E-state index contributed by atoms with van der Waals surface area (Å²) in [7, 11) is 0. The van der Waals surface area contributed by atoms with Gasteiger partial charge in [-0.15, -0.1) is 0 Å². The third-order valence-electron chi connectivity index (χ3n) is 2.47. The molecular weight excluding hydrogens is 289 g/mol. The summed E-state index contributed by atoms with van der Waals surface area (Å²) in [5, 5.41) is 4.06. The fourth-order valence-corrected chi connectivity index (χ4v) is 2.15. The van der Waals surface area contributed by atoms with E-state index in [1.54, 1.807) is 6.26 Å². The number of hydrogen-bond acceptors (Lipinski definition) is 2. The highest BCUT2D eigenvalue weighted by atomic mass is 79.9. The number of allylic oxidation sites excluding steroid dienone is 1. The van der Waals surface area contributed by atoms with Crippen LogP contribution in [-0.2, 0) is 4.74 Å². The van der Waals surface area contributed by atoms with Gasteiger partial charge in [0.1, 0.15) is 6.10 Å². The smallest absolute Gasteiger partial charge is 0.115 e. The third kappa shape index (κ3) is 3.16. The first-order valence-corrected chi connectivity index (χ1v) is 6.42. The van der Waals surface area contributed by atoms with Crippen LogP contribution in [0.1, 0.15) is 12.8 Å². The van der Waals surface area contributed by atoms with Gasteiger partial charge in [0.05, 0.1) is 18.5 Å². The third-order valence-corrected chi connectivity index (χ3v) is 3.40. The Morgan fingerprint density at radius 1 is 1.50 bits per heavy atom. The Morgan fingerprint density at radius 3 is 3.12 bits per heavy atom. The van der Waals surface area contributed by atoms with E-state index in [-0.39, 0.29) is 6.10 Å². The van der Waals surface area contributed by atoms with E-state index >= 15 is 0 Å². The van der Waals surface area contributed by atoms with Gasteiger partial charge < -0.3 is 10.1 Å². The largest absolute Gasteiger partial charge is 0.497 e. The van der Waals surface area contributed by atoms with Crippen molar-refractivity contribution in [2.75, 3.05) is 11.9 Å². The molecule has 1 aromatic carbocycles.